The maximum Gasteiger partial charge on any atom is 0.248 e. The van der Waals surface area contributed by atoms with Gasteiger partial charge in [0.1, 0.15) is 0 Å². The van der Waals surface area contributed by atoms with Crippen LogP contribution in [0.2, 0.25) is 0 Å². The molecule has 1 aliphatic rings. The fraction of sp³-hybridized carbons (Fsp3) is 0.615. The third-order valence-corrected chi connectivity index (χ3v) is 3.62. The van der Waals surface area contributed by atoms with Crippen LogP contribution < -0.4 is 0 Å². The Bertz CT molecular complexity index is 361. The molecule has 0 bridgehead atoms. The molecule has 1 aromatic rings. The summed E-state index contributed by atoms with van der Waals surface area (Å²) in [5.74, 6) is -3.13. The lowest BCUT2D eigenvalue weighted by Crippen LogP contribution is -2.39. The van der Waals surface area contributed by atoms with E-state index in [1.165, 1.54) is 0 Å². The van der Waals surface area contributed by atoms with Gasteiger partial charge in [-0.2, -0.15) is 0 Å². The summed E-state index contributed by atoms with van der Waals surface area (Å²) in [6.07, 6.45) is 2.76. The van der Waals surface area contributed by atoms with E-state index < -0.39 is 11.8 Å². The van der Waals surface area contributed by atoms with Crippen LogP contribution in [0.25, 0.3) is 0 Å². The van der Waals surface area contributed by atoms with Crippen LogP contribution in [0, 0.1) is 5.92 Å². The summed E-state index contributed by atoms with van der Waals surface area (Å²) in [5, 5.41) is 0. The molecule has 2 rings (SSSR count). The molecule has 0 aromatic carbocycles. The predicted molar refractivity (Wildman–Crippen MR) is 63.0 cm³/mol. The minimum absolute atomic E-state index is 0.0146. The summed E-state index contributed by atoms with van der Waals surface area (Å²) < 4.78 is 26.8. The third-order valence-electron chi connectivity index (χ3n) is 3.62. The number of halogens is 2. The monoisotopic (exact) mass is 240 g/mol. The second kappa shape index (κ2) is 4.69. The maximum absolute atomic E-state index is 13.4. The highest BCUT2D eigenvalue weighted by molar-refractivity contribution is 5.10. The normalized spacial score (nSPS) is 27.1. The topological polar surface area (TPSA) is 16.1 Å². The molecule has 17 heavy (non-hydrogen) atoms. The van der Waals surface area contributed by atoms with Crippen molar-refractivity contribution < 1.29 is 8.78 Å². The zero-order valence-corrected chi connectivity index (χ0v) is 10.2. The number of aromatic nitrogens is 1. The fourth-order valence-corrected chi connectivity index (χ4v) is 2.46. The number of likely N-dealkylation sites (tertiary alicyclic amines) is 1. The number of hydrogen-bond acceptors (Lipinski definition) is 2. The Kier molecular flexibility index (Phi) is 3.43. The fourth-order valence-electron chi connectivity index (χ4n) is 2.46. The van der Waals surface area contributed by atoms with Gasteiger partial charge >= 0.3 is 0 Å². The van der Waals surface area contributed by atoms with E-state index >= 15 is 0 Å². The predicted octanol–water partition coefficient (Wildman–Crippen LogP) is 3.12. The first-order chi connectivity index (χ1) is 7.98. The average Bonchev–Trinajstić information content (AvgIpc) is 2.29. The maximum atomic E-state index is 13.4. The summed E-state index contributed by atoms with van der Waals surface area (Å²) in [7, 11) is 1.98. The van der Waals surface area contributed by atoms with Gasteiger partial charge in [0.25, 0.3) is 0 Å². The van der Waals surface area contributed by atoms with Gasteiger partial charge in [0.05, 0.1) is 11.7 Å². The number of piperidine rings is 1. The summed E-state index contributed by atoms with van der Waals surface area (Å²) >= 11 is 0. The second-order valence-electron chi connectivity index (χ2n) is 4.93. The highest BCUT2D eigenvalue weighted by atomic mass is 19.3. The Balaban J connectivity index is 2.16. The molecule has 2 nitrogen and oxygen atoms in total. The molecule has 94 valence electrons. The molecule has 0 aliphatic carbocycles. The molecular formula is C13H18F2N2. The van der Waals surface area contributed by atoms with Gasteiger partial charge in [0, 0.05) is 12.1 Å². The first kappa shape index (κ1) is 12.4. The molecule has 1 aromatic heterocycles. The lowest BCUT2D eigenvalue weighted by atomic mass is 9.85. The Morgan fingerprint density at radius 3 is 2.76 bits per heavy atom. The van der Waals surface area contributed by atoms with Crippen molar-refractivity contribution in [2.75, 3.05) is 13.6 Å². The van der Waals surface area contributed by atoms with E-state index in [1.807, 2.05) is 25.2 Å². The van der Waals surface area contributed by atoms with E-state index in [4.69, 9.17) is 0 Å². The molecule has 1 saturated heterocycles. The number of pyridine rings is 1. The second-order valence-corrected chi connectivity index (χ2v) is 4.93. The molecule has 0 spiro atoms. The van der Waals surface area contributed by atoms with E-state index in [1.54, 1.807) is 6.20 Å². The molecule has 1 aliphatic heterocycles. The molecule has 0 radical (unpaired) electrons. The summed E-state index contributed by atoms with van der Waals surface area (Å²) in [6.45, 7) is 1.73. The Morgan fingerprint density at radius 1 is 1.41 bits per heavy atom. The SMILES string of the molecule is CN1CC[C@@H](C(C)(F)F)C[C@H]1c1ccccn1. The largest absolute Gasteiger partial charge is 0.298 e. The molecule has 0 N–H and O–H groups in total. The molecule has 0 saturated carbocycles. The number of rotatable bonds is 2. The van der Waals surface area contributed by atoms with Gasteiger partial charge in [-0.3, -0.25) is 9.88 Å². The minimum Gasteiger partial charge on any atom is -0.298 e. The minimum atomic E-state index is -2.59. The van der Waals surface area contributed by atoms with Crippen LogP contribution in [0.4, 0.5) is 8.78 Å². The molecular weight excluding hydrogens is 222 g/mol. The smallest absolute Gasteiger partial charge is 0.248 e. The highest BCUT2D eigenvalue weighted by Gasteiger charge is 2.40. The van der Waals surface area contributed by atoms with E-state index in [0.717, 1.165) is 12.6 Å². The van der Waals surface area contributed by atoms with Crippen LogP contribution >= 0.6 is 0 Å². The standard InChI is InChI=1S/C13H18F2N2/c1-13(14,15)10-6-8-17(2)12(9-10)11-5-3-4-7-16-11/h3-5,7,10,12H,6,8-9H2,1-2H3/t10-,12+/m1/s1. The number of alkyl halides is 2. The van der Waals surface area contributed by atoms with Crippen LogP contribution in [-0.4, -0.2) is 29.4 Å². The van der Waals surface area contributed by atoms with Crippen molar-refractivity contribution in [2.45, 2.75) is 31.7 Å². The van der Waals surface area contributed by atoms with Crippen LogP contribution in [0.1, 0.15) is 31.5 Å². The van der Waals surface area contributed by atoms with E-state index in [9.17, 15) is 8.78 Å². The van der Waals surface area contributed by atoms with Crippen molar-refractivity contribution in [2.24, 2.45) is 5.92 Å². The number of nitrogens with zero attached hydrogens (tertiary/aromatic N) is 2. The zero-order chi connectivity index (χ0) is 12.5. The van der Waals surface area contributed by atoms with E-state index in [-0.39, 0.29) is 6.04 Å². The van der Waals surface area contributed by atoms with Gasteiger partial charge in [-0.25, -0.2) is 8.78 Å². The first-order valence-corrected chi connectivity index (χ1v) is 5.97. The van der Waals surface area contributed by atoms with Crippen molar-refractivity contribution >= 4 is 0 Å². The summed E-state index contributed by atoms with van der Waals surface area (Å²) in [6, 6.07) is 5.68. The van der Waals surface area contributed by atoms with Crippen molar-refractivity contribution in [3.8, 4) is 0 Å². The lowest BCUT2D eigenvalue weighted by Gasteiger charge is -2.38. The van der Waals surface area contributed by atoms with Crippen molar-refractivity contribution in [1.82, 2.24) is 9.88 Å². The molecule has 0 amide bonds. The molecule has 2 heterocycles. The molecule has 1 fully saturated rings. The van der Waals surface area contributed by atoms with E-state index in [2.05, 4.69) is 9.88 Å². The van der Waals surface area contributed by atoms with Gasteiger partial charge in [-0.05, 0) is 45.5 Å². The Labute approximate surface area is 101 Å². The number of hydrogen-bond donors (Lipinski definition) is 0. The Morgan fingerprint density at radius 2 is 2.18 bits per heavy atom. The summed E-state index contributed by atoms with van der Waals surface area (Å²) in [4.78, 5) is 6.40. The van der Waals surface area contributed by atoms with Gasteiger partial charge < -0.3 is 0 Å². The van der Waals surface area contributed by atoms with E-state index in [0.29, 0.717) is 19.4 Å². The van der Waals surface area contributed by atoms with Crippen LogP contribution in [-0.2, 0) is 0 Å². The summed E-state index contributed by atoms with van der Waals surface area (Å²) in [5.41, 5.74) is 0.893. The van der Waals surface area contributed by atoms with Gasteiger partial charge in [0.2, 0.25) is 5.92 Å². The quantitative estimate of drug-likeness (QED) is 0.789. The molecule has 4 heteroatoms. The zero-order valence-electron chi connectivity index (χ0n) is 10.2. The Hall–Kier alpha value is -1.03. The highest BCUT2D eigenvalue weighted by Crippen LogP contribution is 2.39. The van der Waals surface area contributed by atoms with Crippen LogP contribution in [0.3, 0.4) is 0 Å². The van der Waals surface area contributed by atoms with Crippen molar-refractivity contribution in [1.29, 1.82) is 0 Å². The lowest BCUT2D eigenvalue weighted by molar-refractivity contribution is -0.0713. The van der Waals surface area contributed by atoms with Gasteiger partial charge in [-0.1, -0.05) is 6.07 Å². The van der Waals surface area contributed by atoms with Crippen molar-refractivity contribution in [3.05, 3.63) is 30.1 Å². The average molecular weight is 240 g/mol. The van der Waals surface area contributed by atoms with Gasteiger partial charge in [-0.15, -0.1) is 0 Å². The van der Waals surface area contributed by atoms with Crippen LogP contribution in [0.15, 0.2) is 24.4 Å². The third kappa shape index (κ3) is 2.80. The molecule has 2 atom stereocenters. The van der Waals surface area contributed by atoms with Crippen molar-refractivity contribution in [3.63, 3.8) is 0 Å². The first-order valence-electron chi connectivity index (χ1n) is 5.97. The van der Waals surface area contributed by atoms with Crippen LogP contribution in [0.5, 0.6) is 0 Å². The molecule has 0 unspecified atom stereocenters. The van der Waals surface area contributed by atoms with Gasteiger partial charge in [0.15, 0.2) is 0 Å².